The molecule has 1 N–H and O–H groups in total. The summed E-state index contributed by atoms with van der Waals surface area (Å²) in [5, 5.41) is 2.92. The zero-order chi connectivity index (χ0) is 21.2. The van der Waals surface area contributed by atoms with Gasteiger partial charge in [0.05, 0.1) is 14.2 Å². The van der Waals surface area contributed by atoms with Gasteiger partial charge in [-0.25, -0.2) is 0 Å². The van der Waals surface area contributed by atoms with Crippen LogP contribution in [0.4, 0.5) is 0 Å². The average molecular weight is 399 g/mol. The highest BCUT2D eigenvalue weighted by Crippen LogP contribution is 2.18. The molecule has 0 aromatic heterocycles. The molecule has 0 saturated heterocycles. The first kappa shape index (κ1) is 22.3. The molecule has 6 heteroatoms. The van der Waals surface area contributed by atoms with Gasteiger partial charge in [-0.05, 0) is 37.1 Å². The lowest BCUT2D eigenvalue weighted by molar-refractivity contribution is -0.140. The normalized spacial score (nSPS) is 11.4. The van der Waals surface area contributed by atoms with E-state index >= 15 is 0 Å². The third-order valence-corrected chi connectivity index (χ3v) is 4.79. The second-order valence-corrected chi connectivity index (χ2v) is 6.83. The summed E-state index contributed by atoms with van der Waals surface area (Å²) >= 11 is 0. The number of ether oxygens (including phenoxy) is 2. The minimum atomic E-state index is -0.592. The number of para-hydroxylation sites is 1. The smallest absolute Gasteiger partial charge is 0.242 e. The molecule has 0 spiro atoms. The third kappa shape index (κ3) is 6.24. The van der Waals surface area contributed by atoms with E-state index in [4.69, 9.17) is 9.47 Å². The lowest BCUT2D eigenvalue weighted by atomic mass is 10.1. The Morgan fingerprint density at radius 3 is 2.34 bits per heavy atom. The molecule has 2 aromatic carbocycles. The van der Waals surface area contributed by atoms with Crippen LogP contribution in [-0.4, -0.2) is 37.0 Å². The summed E-state index contributed by atoms with van der Waals surface area (Å²) in [4.78, 5) is 27.1. The molecule has 156 valence electrons. The zero-order valence-electron chi connectivity index (χ0n) is 17.6. The van der Waals surface area contributed by atoms with Gasteiger partial charge in [-0.1, -0.05) is 37.3 Å². The molecule has 0 fully saturated rings. The number of methoxy groups -OCH3 is 2. The quantitative estimate of drug-likeness (QED) is 0.665. The number of rotatable bonds is 10. The number of hydrogen-bond donors (Lipinski definition) is 1. The second kappa shape index (κ2) is 11.1. The third-order valence-electron chi connectivity index (χ3n) is 4.79. The molecular weight excluding hydrogens is 368 g/mol. The van der Waals surface area contributed by atoms with Gasteiger partial charge < -0.3 is 19.7 Å². The van der Waals surface area contributed by atoms with Crippen molar-refractivity contribution in [2.45, 2.75) is 45.8 Å². The Morgan fingerprint density at radius 1 is 1.03 bits per heavy atom. The average Bonchev–Trinajstić information content (AvgIpc) is 2.76. The van der Waals surface area contributed by atoms with Crippen molar-refractivity contribution in [3.8, 4) is 11.5 Å². The number of amides is 2. The van der Waals surface area contributed by atoms with E-state index in [1.165, 1.54) is 0 Å². The van der Waals surface area contributed by atoms with Crippen molar-refractivity contribution < 1.29 is 19.1 Å². The SMILES string of the molecule is CCCC(=O)N(Cc1ccc(OC)cc1)[C@@H](C)C(=O)NCc1ccccc1OC. The summed E-state index contributed by atoms with van der Waals surface area (Å²) < 4.78 is 10.5. The van der Waals surface area contributed by atoms with E-state index in [2.05, 4.69) is 5.32 Å². The minimum absolute atomic E-state index is 0.0386. The van der Waals surface area contributed by atoms with Gasteiger partial charge in [-0.3, -0.25) is 9.59 Å². The van der Waals surface area contributed by atoms with Crippen LogP contribution in [0.5, 0.6) is 11.5 Å². The van der Waals surface area contributed by atoms with Crippen molar-refractivity contribution in [2.24, 2.45) is 0 Å². The number of carbonyl (C=O) groups excluding carboxylic acids is 2. The van der Waals surface area contributed by atoms with Crippen LogP contribution < -0.4 is 14.8 Å². The Bertz CT molecular complexity index is 805. The fourth-order valence-corrected chi connectivity index (χ4v) is 3.05. The van der Waals surface area contributed by atoms with Crippen LogP contribution in [0, 0.1) is 0 Å². The van der Waals surface area contributed by atoms with E-state index in [0.717, 1.165) is 29.0 Å². The first-order valence-electron chi connectivity index (χ1n) is 9.82. The number of carbonyl (C=O) groups is 2. The lowest BCUT2D eigenvalue weighted by Crippen LogP contribution is -2.47. The predicted octanol–water partition coefficient (Wildman–Crippen LogP) is 3.54. The van der Waals surface area contributed by atoms with Gasteiger partial charge in [0.2, 0.25) is 11.8 Å². The maximum atomic E-state index is 12.8. The van der Waals surface area contributed by atoms with Crippen molar-refractivity contribution in [3.05, 3.63) is 59.7 Å². The zero-order valence-corrected chi connectivity index (χ0v) is 17.6. The Kier molecular flexibility index (Phi) is 8.52. The molecule has 2 rings (SSSR count). The van der Waals surface area contributed by atoms with Crippen molar-refractivity contribution >= 4 is 11.8 Å². The van der Waals surface area contributed by atoms with Crippen molar-refractivity contribution in [1.29, 1.82) is 0 Å². The summed E-state index contributed by atoms with van der Waals surface area (Å²) in [5.41, 5.74) is 1.83. The van der Waals surface area contributed by atoms with E-state index in [9.17, 15) is 9.59 Å². The number of benzene rings is 2. The Balaban J connectivity index is 2.09. The maximum absolute atomic E-state index is 12.8. The minimum Gasteiger partial charge on any atom is -0.497 e. The first-order valence-corrected chi connectivity index (χ1v) is 9.82. The first-order chi connectivity index (χ1) is 14.0. The molecule has 0 aliphatic carbocycles. The van der Waals surface area contributed by atoms with Gasteiger partial charge in [-0.15, -0.1) is 0 Å². The summed E-state index contributed by atoms with van der Waals surface area (Å²) in [7, 11) is 3.21. The van der Waals surface area contributed by atoms with Gasteiger partial charge in [0.1, 0.15) is 17.5 Å². The number of nitrogens with one attached hydrogen (secondary N) is 1. The molecule has 0 aliphatic rings. The number of hydrogen-bond acceptors (Lipinski definition) is 4. The maximum Gasteiger partial charge on any atom is 0.242 e. The van der Waals surface area contributed by atoms with E-state index in [-0.39, 0.29) is 11.8 Å². The molecule has 1 atom stereocenters. The molecule has 0 heterocycles. The summed E-state index contributed by atoms with van der Waals surface area (Å²) in [6, 6.07) is 14.5. The highest BCUT2D eigenvalue weighted by molar-refractivity contribution is 5.87. The van der Waals surface area contributed by atoms with Crippen molar-refractivity contribution in [2.75, 3.05) is 14.2 Å². The van der Waals surface area contributed by atoms with Crippen LogP contribution in [0.25, 0.3) is 0 Å². The Labute approximate surface area is 172 Å². The fourth-order valence-electron chi connectivity index (χ4n) is 3.05. The van der Waals surface area contributed by atoms with E-state index in [1.54, 1.807) is 26.0 Å². The molecule has 0 aliphatic heterocycles. The second-order valence-electron chi connectivity index (χ2n) is 6.83. The fraction of sp³-hybridized carbons (Fsp3) is 0.391. The van der Waals surface area contributed by atoms with Gasteiger partial charge in [0.25, 0.3) is 0 Å². The topological polar surface area (TPSA) is 67.9 Å². The summed E-state index contributed by atoms with van der Waals surface area (Å²) in [5.74, 6) is 1.23. The van der Waals surface area contributed by atoms with Crippen molar-refractivity contribution in [1.82, 2.24) is 10.2 Å². The largest absolute Gasteiger partial charge is 0.497 e. The van der Waals surface area contributed by atoms with E-state index in [1.807, 2.05) is 55.5 Å². The molecular formula is C23H30N2O4. The standard InChI is InChI=1S/C23H30N2O4/c1-5-8-22(26)25(16-18-11-13-20(28-3)14-12-18)17(2)23(27)24-15-19-9-6-7-10-21(19)29-4/h6-7,9-14,17H,5,8,15-16H2,1-4H3,(H,24,27)/t17-/m0/s1. The van der Waals surface area contributed by atoms with Crippen molar-refractivity contribution in [3.63, 3.8) is 0 Å². The molecule has 2 amide bonds. The van der Waals surface area contributed by atoms with Crippen LogP contribution >= 0.6 is 0 Å². The van der Waals surface area contributed by atoms with Gasteiger partial charge in [0, 0.05) is 25.1 Å². The van der Waals surface area contributed by atoms with Gasteiger partial charge in [-0.2, -0.15) is 0 Å². The summed E-state index contributed by atoms with van der Waals surface area (Å²) in [6.07, 6.45) is 1.13. The molecule has 29 heavy (non-hydrogen) atoms. The highest BCUT2D eigenvalue weighted by Gasteiger charge is 2.25. The number of nitrogens with zero attached hydrogens (tertiary/aromatic N) is 1. The van der Waals surface area contributed by atoms with Crippen LogP contribution in [0.1, 0.15) is 37.8 Å². The summed E-state index contributed by atoms with van der Waals surface area (Å²) in [6.45, 7) is 4.42. The van der Waals surface area contributed by atoms with Crippen LogP contribution in [0.15, 0.2) is 48.5 Å². The van der Waals surface area contributed by atoms with Gasteiger partial charge in [0.15, 0.2) is 0 Å². The molecule has 0 saturated carbocycles. The lowest BCUT2D eigenvalue weighted by Gasteiger charge is -2.29. The monoisotopic (exact) mass is 398 g/mol. The van der Waals surface area contributed by atoms with Crippen LogP contribution in [0.3, 0.4) is 0 Å². The molecule has 0 unspecified atom stereocenters. The Hall–Kier alpha value is -3.02. The predicted molar refractivity (Wildman–Crippen MR) is 113 cm³/mol. The molecule has 0 radical (unpaired) electrons. The highest BCUT2D eigenvalue weighted by atomic mass is 16.5. The molecule has 0 bridgehead atoms. The Morgan fingerprint density at radius 2 is 1.72 bits per heavy atom. The van der Waals surface area contributed by atoms with Crippen LogP contribution in [-0.2, 0) is 22.7 Å². The molecule has 2 aromatic rings. The van der Waals surface area contributed by atoms with E-state index in [0.29, 0.717) is 19.5 Å². The molecule has 6 nitrogen and oxygen atoms in total. The van der Waals surface area contributed by atoms with Gasteiger partial charge >= 0.3 is 0 Å². The van der Waals surface area contributed by atoms with E-state index < -0.39 is 6.04 Å². The van der Waals surface area contributed by atoms with Crippen LogP contribution in [0.2, 0.25) is 0 Å².